The summed E-state index contributed by atoms with van der Waals surface area (Å²) < 4.78 is 0. The van der Waals surface area contributed by atoms with Crippen molar-refractivity contribution in [2.24, 2.45) is 5.92 Å². The highest BCUT2D eigenvalue weighted by atomic mass is 16.2. The topological polar surface area (TPSA) is 84.2 Å². The Balaban J connectivity index is 1.61. The summed E-state index contributed by atoms with van der Waals surface area (Å²) in [5.41, 5.74) is 6.76. The normalized spacial score (nSPS) is 14.4. The molecule has 1 aliphatic carbocycles. The quantitative estimate of drug-likeness (QED) is 0.540. The van der Waals surface area contributed by atoms with Gasteiger partial charge in [-0.3, -0.25) is 9.59 Å². The monoisotopic (exact) mass is 275 g/mol. The zero-order chi connectivity index (χ0) is 14.4. The Hall–Kier alpha value is -2.04. The molecule has 5 heteroatoms. The van der Waals surface area contributed by atoms with Crippen LogP contribution in [0.25, 0.3) is 0 Å². The summed E-state index contributed by atoms with van der Waals surface area (Å²) >= 11 is 0. The summed E-state index contributed by atoms with van der Waals surface area (Å²) in [6, 6.07) is 6.87. The van der Waals surface area contributed by atoms with E-state index in [0.29, 0.717) is 24.3 Å². The summed E-state index contributed by atoms with van der Waals surface area (Å²) in [6.07, 6.45) is 3.91. The van der Waals surface area contributed by atoms with Crippen LogP contribution in [0.1, 0.15) is 36.0 Å². The first-order chi connectivity index (χ1) is 9.66. The zero-order valence-electron chi connectivity index (χ0n) is 11.5. The number of anilines is 1. The molecular formula is C15H21N3O2. The van der Waals surface area contributed by atoms with Gasteiger partial charge in [0.25, 0.3) is 5.91 Å². The van der Waals surface area contributed by atoms with E-state index >= 15 is 0 Å². The predicted octanol–water partition coefficient (Wildman–Crippen LogP) is 1.30. The van der Waals surface area contributed by atoms with E-state index in [4.69, 9.17) is 5.73 Å². The number of hydrogen-bond acceptors (Lipinski definition) is 3. The maximum atomic E-state index is 11.8. The van der Waals surface area contributed by atoms with Crippen LogP contribution in [-0.2, 0) is 4.79 Å². The Bertz CT molecular complexity index is 484. The molecule has 108 valence electrons. The van der Waals surface area contributed by atoms with Gasteiger partial charge in [0, 0.05) is 30.3 Å². The van der Waals surface area contributed by atoms with Crippen molar-refractivity contribution in [2.45, 2.75) is 25.7 Å². The first kappa shape index (κ1) is 14.4. The van der Waals surface area contributed by atoms with Crippen LogP contribution in [0.3, 0.4) is 0 Å². The number of rotatable bonds is 6. The number of nitrogen functional groups attached to an aromatic ring is 1. The van der Waals surface area contributed by atoms with Crippen LogP contribution in [0.4, 0.5) is 5.69 Å². The van der Waals surface area contributed by atoms with Gasteiger partial charge in [0.2, 0.25) is 5.91 Å². The standard InChI is InChI=1S/C15H21N3O2/c16-13-7-2-6-12(10-13)15(20)18-9-3-8-17-14(19)11-4-1-5-11/h2,6-7,10-11H,1,3-5,8-9,16H2,(H,17,19)(H,18,20). The number of hydrogen-bond donors (Lipinski definition) is 3. The third kappa shape index (κ3) is 3.98. The van der Waals surface area contributed by atoms with Gasteiger partial charge in [-0.25, -0.2) is 0 Å². The molecule has 20 heavy (non-hydrogen) atoms. The maximum absolute atomic E-state index is 11.8. The third-order valence-corrected chi connectivity index (χ3v) is 3.56. The molecule has 0 atom stereocenters. The molecule has 1 aliphatic rings. The van der Waals surface area contributed by atoms with Crippen molar-refractivity contribution < 1.29 is 9.59 Å². The van der Waals surface area contributed by atoms with Crippen molar-refractivity contribution in [3.8, 4) is 0 Å². The molecule has 5 nitrogen and oxygen atoms in total. The second-order valence-corrected chi connectivity index (χ2v) is 5.15. The lowest BCUT2D eigenvalue weighted by molar-refractivity contribution is -0.127. The highest BCUT2D eigenvalue weighted by molar-refractivity contribution is 5.94. The largest absolute Gasteiger partial charge is 0.399 e. The molecule has 0 aromatic heterocycles. The van der Waals surface area contributed by atoms with Crippen molar-refractivity contribution in [1.82, 2.24) is 10.6 Å². The lowest BCUT2D eigenvalue weighted by Crippen LogP contribution is -2.36. The molecule has 4 N–H and O–H groups in total. The highest BCUT2D eigenvalue weighted by Crippen LogP contribution is 2.25. The molecule has 0 bridgehead atoms. The van der Waals surface area contributed by atoms with Crippen molar-refractivity contribution >= 4 is 17.5 Å². The van der Waals surface area contributed by atoms with E-state index < -0.39 is 0 Å². The van der Waals surface area contributed by atoms with Crippen LogP contribution >= 0.6 is 0 Å². The van der Waals surface area contributed by atoms with Crippen LogP contribution in [0, 0.1) is 5.92 Å². The molecule has 1 saturated carbocycles. The van der Waals surface area contributed by atoms with Crippen molar-refractivity contribution in [3.63, 3.8) is 0 Å². The first-order valence-corrected chi connectivity index (χ1v) is 7.08. The molecule has 2 rings (SSSR count). The fraction of sp³-hybridized carbons (Fsp3) is 0.467. The minimum absolute atomic E-state index is 0.136. The number of nitrogens with two attached hydrogens (primary N) is 1. The van der Waals surface area contributed by atoms with E-state index in [2.05, 4.69) is 10.6 Å². The Morgan fingerprint density at radius 3 is 2.60 bits per heavy atom. The zero-order valence-corrected chi connectivity index (χ0v) is 11.5. The van der Waals surface area contributed by atoms with Gasteiger partial charge in [-0.1, -0.05) is 12.5 Å². The van der Waals surface area contributed by atoms with Crippen molar-refractivity contribution in [3.05, 3.63) is 29.8 Å². The molecule has 0 saturated heterocycles. The first-order valence-electron chi connectivity index (χ1n) is 7.08. The fourth-order valence-electron chi connectivity index (χ4n) is 2.10. The van der Waals surface area contributed by atoms with E-state index in [1.54, 1.807) is 24.3 Å². The number of amides is 2. The number of benzene rings is 1. The SMILES string of the molecule is Nc1cccc(C(=O)NCCCNC(=O)C2CCC2)c1. The van der Waals surface area contributed by atoms with Crippen molar-refractivity contribution in [2.75, 3.05) is 18.8 Å². The van der Waals surface area contributed by atoms with E-state index in [0.717, 1.165) is 25.7 Å². The van der Waals surface area contributed by atoms with E-state index in [9.17, 15) is 9.59 Å². The molecule has 1 fully saturated rings. The summed E-state index contributed by atoms with van der Waals surface area (Å²) in [7, 11) is 0. The Kier molecular flexibility index (Phi) is 4.98. The Labute approximate surface area is 118 Å². The fourth-order valence-corrected chi connectivity index (χ4v) is 2.10. The molecule has 1 aromatic carbocycles. The highest BCUT2D eigenvalue weighted by Gasteiger charge is 2.24. The van der Waals surface area contributed by atoms with E-state index in [-0.39, 0.29) is 17.7 Å². The van der Waals surface area contributed by atoms with Crippen LogP contribution in [-0.4, -0.2) is 24.9 Å². The average Bonchev–Trinajstić information content (AvgIpc) is 2.36. The van der Waals surface area contributed by atoms with Crippen LogP contribution in [0.2, 0.25) is 0 Å². The van der Waals surface area contributed by atoms with Crippen LogP contribution in [0.5, 0.6) is 0 Å². The van der Waals surface area contributed by atoms with Gasteiger partial charge in [-0.05, 0) is 37.5 Å². The lowest BCUT2D eigenvalue weighted by Gasteiger charge is -2.23. The van der Waals surface area contributed by atoms with Gasteiger partial charge < -0.3 is 16.4 Å². The smallest absolute Gasteiger partial charge is 0.251 e. The second-order valence-electron chi connectivity index (χ2n) is 5.15. The second kappa shape index (κ2) is 6.93. The van der Waals surface area contributed by atoms with Gasteiger partial charge in [0.05, 0.1) is 0 Å². The molecule has 2 amide bonds. The van der Waals surface area contributed by atoms with Gasteiger partial charge in [-0.2, -0.15) is 0 Å². The lowest BCUT2D eigenvalue weighted by atomic mass is 9.85. The molecule has 0 spiro atoms. The molecule has 0 aliphatic heterocycles. The van der Waals surface area contributed by atoms with Gasteiger partial charge in [0.1, 0.15) is 0 Å². The predicted molar refractivity (Wildman–Crippen MR) is 78.2 cm³/mol. The minimum Gasteiger partial charge on any atom is -0.399 e. The maximum Gasteiger partial charge on any atom is 0.251 e. The van der Waals surface area contributed by atoms with Crippen LogP contribution in [0.15, 0.2) is 24.3 Å². The number of carbonyl (C=O) groups excluding carboxylic acids is 2. The number of nitrogens with one attached hydrogen (secondary N) is 2. The molecule has 0 unspecified atom stereocenters. The summed E-state index contributed by atoms with van der Waals surface area (Å²) in [6.45, 7) is 1.14. The minimum atomic E-state index is -0.136. The molecule has 0 radical (unpaired) electrons. The Morgan fingerprint density at radius 1 is 1.20 bits per heavy atom. The molecule has 0 heterocycles. The van der Waals surface area contributed by atoms with Gasteiger partial charge in [-0.15, -0.1) is 0 Å². The Morgan fingerprint density at radius 2 is 1.95 bits per heavy atom. The molecular weight excluding hydrogens is 254 g/mol. The summed E-state index contributed by atoms with van der Waals surface area (Å²) in [5.74, 6) is 0.234. The number of carbonyl (C=O) groups is 2. The summed E-state index contributed by atoms with van der Waals surface area (Å²) in [5, 5.41) is 5.71. The van der Waals surface area contributed by atoms with Crippen molar-refractivity contribution in [1.29, 1.82) is 0 Å². The van der Waals surface area contributed by atoms with E-state index in [1.165, 1.54) is 0 Å². The average molecular weight is 275 g/mol. The van der Waals surface area contributed by atoms with Gasteiger partial charge >= 0.3 is 0 Å². The molecule has 1 aromatic rings. The summed E-state index contributed by atoms with van der Waals surface area (Å²) in [4.78, 5) is 23.4. The van der Waals surface area contributed by atoms with Gasteiger partial charge in [0.15, 0.2) is 0 Å². The van der Waals surface area contributed by atoms with E-state index in [1.807, 2.05) is 0 Å². The third-order valence-electron chi connectivity index (χ3n) is 3.56. The van der Waals surface area contributed by atoms with Crippen LogP contribution < -0.4 is 16.4 Å².